The van der Waals surface area contributed by atoms with Gasteiger partial charge < -0.3 is 21.1 Å². The second-order valence-electron chi connectivity index (χ2n) is 5.60. The molecule has 0 radical (unpaired) electrons. The Morgan fingerprint density at radius 2 is 2.24 bits per heavy atom. The van der Waals surface area contributed by atoms with Crippen LogP contribution in [0.15, 0.2) is 18.2 Å². The number of nitrogens with two attached hydrogens (primary N) is 1. The van der Waals surface area contributed by atoms with Crippen LogP contribution in [0.4, 0.5) is 11.4 Å². The van der Waals surface area contributed by atoms with Crippen LogP contribution in [0.3, 0.4) is 0 Å². The standard InChI is InChI=1S/C15H21N3O3/c1-9(2)5-10(7-16)15(20)17-11-3-4-13-12(6-11)18-14(19)8-21-13/h3-4,6,9-10H,5,7-8,16H2,1-2H3,(H,17,20)(H,18,19). The van der Waals surface area contributed by atoms with Gasteiger partial charge in [-0.05, 0) is 30.5 Å². The zero-order valence-corrected chi connectivity index (χ0v) is 12.3. The number of rotatable bonds is 5. The Morgan fingerprint density at radius 1 is 1.48 bits per heavy atom. The van der Waals surface area contributed by atoms with Crippen molar-refractivity contribution in [3.63, 3.8) is 0 Å². The topological polar surface area (TPSA) is 93.5 Å². The van der Waals surface area contributed by atoms with Crippen LogP contribution in [0.2, 0.25) is 0 Å². The number of amides is 2. The molecule has 0 fully saturated rings. The molecule has 0 aromatic heterocycles. The first kappa shape index (κ1) is 15.3. The third kappa shape index (κ3) is 3.95. The van der Waals surface area contributed by atoms with E-state index in [2.05, 4.69) is 24.5 Å². The summed E-state index contributed by atoms with van der Waals surface area (Å²) >= 11 is 0. The fourth-order valence-electron chi connectivity index (χ4n) is 2.28. The van der Waals surface area contributed by atoms with Gasteiger partial charge in [-0.15, -0.1) is 0 Å². The van der Waals surface area contributed by atoms with Crippen molar-refractivity contribution < 1.29 is 14.3 Å². The molecule has 1 aliphatic heterocycles. The first-order valence-corrected chi connectivity index (χ1v) is 7.07. The molecule has 0 spiro atoms. The highest BCUT2D eigenvalue weighted by Crippen LogP contribution is 2.30. The van der Waals surface area contributed by atoms with E-state index in [1.807, 2.05) is 0 Å². The van der Waals surface area contributed by atoms with Crippen LogP contribution < -0.4 is 21.1 Å². The summed E-state index contributed by atoms with van der Waals surface area (Å²) in [6.45, 7) is 4.44. The van der Waals surface area contributed by atoms with Gasteiger partial charge in [-0.3, -0.25) is 9.59 Å². The highest BCUT2D eigenvalue weighted by atomic mass is 16.5. The van der Waals surface area contributed by atoms with E-state index >= 15 is 0 Å². The summed E-state index contributed by atoms with van der Waals surface area (Å²) in [4.78, 5) is 23.5. The van der Waals surface area contributed by atoms with Crippen LogP contribution in [0, 0.1) is 11.8 Å². The molecule has 6 nitrogen and oxygen atoms in total. The third-order valence-electron chi connectivity index (χ3n) is 3.29. The molecule has 2 amide bonds. The summed E-state index contributed by atoms with van der Waals surface area (Å²) in [6, 6.07) is 5.16. The van der Waals surface area contributed by atoms with Gasteiger partial charge in [0.2, 0.25) is 5.91 Å². The van der Waals surface area contributed by atoms with Crippen molar-refractivity contribution in [1.82, 2.24) is 0 Å². The lowest BCUT2D eigenvalue weighted by molar-refractivity contribution is -0.120. The maximum Gasteiger partial charge on any atom is 0.262 e. The second kappa shape index (κ2) is 6.58. The highest BCUT2D eigenvalue weighted by molar-refractivity contribution is 5.98. The third-order valence-corrected chi connectivity index (χ3v) is 3.29. The van der Waals surface area contributed by atoms with E-state index in [-0.39, 0.29) is 24.3 Å². The Labute approximate surface area is 124 Å². The number of benzene rings is 1. The zero-order valence-electron chi connectivity index (χ0n) is 12.3. The summed E-state index contributed by atoms with van der Waals surface area (Å²) in [5.74, 6) is 0.484. The van der Waals surface area contributed by atoms with E-state index in [1.165, 1.54) is 0 Å². The molecule has 0 saturated heterocycles. The SMILES string of the molecule is CC(C)CC(CN)C(=O)Nc1ccc2c(c1)NC(=O)CO2. The van der Waals surface area contributed by atoms with Crippen molar-refractivity contribution in [2.75, 3.05) is 23.8 Å². The number of anilines is 2. The molecule has 6 heteroatoms. The Balaban J connectivity index is 2.07. The van der Waals surface area contributed by atoms with Gasteiger partial charge in [0.25, 0.3) is 5.91 Å². The fourth-order valence-corrected chi connectivity index (χ4v) is 2.28. The lowest BCUT2D eigenvalue weighted by Gasteiger charge is -2.20. The van der Waals surface area contributed by atoms with Gasteiger partial charge in [-0.2, -0.15) is 0 Å². The van der Waals surface area contributed by atoms with Gasteiger partial charge in [0.15, 0.2) is 6.61 Å². The molecule has 1 heterocycles. The molecule has 1 aromatic rings. The Bertz CT molecular complexity index is 543. The zero-order chi connectivity index (χ0) is 15.4. The average molecular weight is 291 g/mol. The number of carbonyl (C=O) groups is 2. The van der Waals surface area contributed by atoms with Gasteiger partial charge in [0.1, 0.15) is 5.75 Å². The minimum Gasteiger partial charge on any atom is -0.482 e. The molecule has 0 saturated carbocycles. The second-order valence-corrected chi connectivity index (χ2v) is 5.60. The molecule has 4 N–H and O–H groups in total. The lowest BCUT2D eigenvalue weighted by atomic mass is 9.96. The van der Waals surface area contributed by atoms with Crippen LogP contribution in [-0.2, 0) is 9.59 Å². The fraction of sp³-hybridized carbons (Fsp3) is 0.467. The molecule has 0 aliphatic carbocycles. The van der Waals surface area contributed by atoms with E-state index in [4.69, 9.17) is 10.5 Å². The summed E-state index contributed by atoms with van der Waals surface area (Å²) in [5, 5.41) is 5.55. The minimum atomic E-state index is -0.216. The molecule has 21 heavy (non-hydrogen) atoms. The maximum absolute atomic E-state index is 12.2. The Morgan fingerprint density at radius 3 is 2.90 bits per heavy atom. The van der Waals surface area contributed by atoms with Crippen molar-refractivity contribution in [2.45, 2.75) is 20.3 Å². The Hall–Kier alpha value is -2.08. The summed E-state index contributed by atoms with van der Waals surface area (Å²) in [7, 11) is 0. The van der Waals surface area contributed by atoms with Crippen molar-refractivity contribution in [3.8, 4) is 5.75 Å². The molecular formula is C15H21N3O3. The van der Waals surface area contributed by atoms with Gasteiger partial charge in [0.05, 0.1) is 11.6 Å². The van der Waals surface area contributed by atoms with Crippen LogP contribution in [-0.4, -0.2) is 25.0 Å². The quantitative estimate of drug-likeness (QED) is 0.767. The number of ether oxygens (including phenoxy) is 1. The summed E-state index contributed by atoms with van der Waals surface area (Å²) in [6.07, 6.45) is 0.743. The molecule has 1 aliphatic rings. The number of nitrogens with one attached hydrogen (secondary N) is 2. The van der Waals surface area contributed by atoms with E-state index in [1.54, 1.807) is 18.2 Å². The number of fused-ring (bicyclic) bond motifs is 1. The normalized spacial score (nSPS) is 15.0. The van der Waals surface area contributed by atoms with E-state index in [0.29, 0.717) is 29.6 Å². The van der Waals surface area contributed by atoms with E-state index < -0.39 is 0 Å². The predicted molar refractivity (Wildman–Crippen MR) is 81.2 cm³/mol. The molecular weight excluding hydrogens is 270 g/mol. The molecule has 1 aromatic carbocycles. The summed E-state index contributed by atoms with van der Waals surface area (Å²) < 4.78 is 5.27. The Kier molecular flexibility index (Phi) is 4.80. The number of hydrogen-bond donors (Lipinski definition) is 3. The largest absolute Gasteiger partial charge is 0.482 e. The average Bonchev–Trinajstić information content (AvgIpc) is 2.44. The van der Waals surface area contributed by atoms with Gasteiger partial charge in [-0.1, -0.05) is 13.8 Å². The van der Waals surface area contributed by atoms with Gasteiger partial charge in [-0.25, -0.2) is 0 Å². The van der Waals surface area contributed by atoms with Crippen molar-refractivity contribution in [1.29, 1.82) is 0 Å². The maximum atomic E-state index is 12.2. The van der Waals surface area contributed by atoms with E-state index in [9.17, 15) is 9.59 Å². The lowest BCUT2D eigenvalue weighted by Crippen LogP contribution is -2.30. The number of carbonyl (C=O) groups excluding carboxylic acids is 2. The molecule has 114 valence electrons. The molecule has 1 unspecified atom stereocenters. The van der Waals surface area contributed by atoms with Crippen LogP contribution in [0.5, 0.6) is 5.75 Å². The highest BCUT2D eigenvalue weighted by Gasteiger charge is 2.20. The van der Waals surface area contributed by atoms with Crippen molar-refractivity contribution in [3.05, 3.63) is 18.2 Å². The van der Waals surface area contributed by atoms with Crippen molar-refractivity contribution >= 4 is 23.2 Å². The number of hydrogen-bond acceptors (Lipinski definition) is 4. The van der Waals surface area contributed by atoms with Crippen molar-refractivity contribution in [2.24, 2.45) is 17.6 Å². The van der Waals surface area contributed by atoms with Gasteiger partial charge in [0, 0.05) is 12.2 Å². The van der Waals surface area contributed by atoms with Gasteiger partial charge >= 0.3 is 0 Å². The molecule has 0 bridgehead atoms. The van der Waals surface area contributed by atoms with Crippen LogP contribution >= 0.6 is 0 Å². The van der Waals surface area contributed by atoms with E-state index in [0.717, 1.165) is 6.42 Å². The predicted octanol–water partition coefficient (Wildman–Crippen LogP) is 1.58. The smallest absolute Gasteiger partial charge is 0.262 e. The first-order chi connectivity index (χ1) is 9.99. The van der Waals surface area contributed by atoms with Crippen LogP contribution in [0.1, 0.15) is 20.3 Å². The van der Waals surface area contributed by atoms with Crippen LogP contribution in [0.25, 0.3) is 0 Å². The first-order valence-electron chi connectivity index (χ1n) is 7.07. The molecule has 1 atom stereocenters. The summed E-state index contributed by atoms with van der Waals surface area (Å²) in [5.41, 5.74) is 6.85. The monoisotopic (exact) mass is 291 g/mol. The molecule has 2 rings (SSSR count). The minimum absolute atomic E-state index is 0.0162.